The molecule has 2 atom stereocenters. The lowest BCUT2D eigenvalue weighted by Crippen LogP contribution is -2.54. The number of benzene rings is 2. The Kier molecular flexibility index (Phi) is 7.15. The summed E-state index contributed by atoms with van der Waals surface area (Å²) in [5, 5.41) is 12.0. The zero-order valence-corrected chi connectivity index (χ0v) is 20.7. The summed E-state index contributed by atoms with van der Waals surface area (Å²) >= 11 is 0. The van der Waals surface area contributed by atoms with Gasteiger partial charge in [0.15, 0.2) is 0 Å². The molecule has 0 spiro atoms. The Bertz CT molecular complexity index is 1060. The van der Waals surface area contributed by atoms with Crippen molar-refractivity contribution in [2.75, 3.05) is 13.7 Å². The SMILES string of the molecule is CC(C)C(C(=O)N(C)C1CC(C(=O)O)C1)C(C)NC(=O)OCC1c2ccccc2-c2ccccc21. The van der Waals surface area contributed by atoms with E-state index >= 15 is 0 Å². The van der Waals surface area contributed by atoms with Crippen LogP contribution in [0.25, 0.3) is 11.1 Å². The molecule has 4 rings (SSSR count). The minimum atomic E-state index is -0.812. The quantitative estimate of drug-likeness (QED) is 0.582. The molecule has 0 aromatic heterocycles. The van der Waals surface area contributed by atoms with Crippen molar-refractivity contribution in [1.29, 1.82) is 0 Å². The van der Waals surface area contributed by atoms with Gasteiger partial charge >= 0.3 is 12.1 Å². The van der Waals surface area contributed by atoms with E-state index in [2.05, 4.69) is 29.6 Å². The summed E-state index contributed by atoms with van der Waals surface area (Å²) in [6, 6.07) is 15.8. The van der Waals surface area contributed by atoms with E-state index in [1.807, 2.05) is 45.0 Å². The van der Waals surface area contributed by atoms with Crippen LogP contribution in [0.3, 0.4) is 0 Å². The number of carboxylic acids is 1. The number of hydrogen-bond donors (Lipinski definition) is 2. The lowest BCUT2D eigenvalue weighted by Gasteiger charge is -2.41. The summed E-state index contributed by atoms with van der Waals surface area (Å²) in [5.41, 5.74) is 4.62. The van der Waals surface area contributed by atoms with Gasteiger partial charge in [0.1, 0.15) is 6.61 Å². The highest BCUT2D eigenvalue weighted by atomic mass is 16.5. The van der Waals surface area contributed by atoms with Gasteiger partial charge in [-0.2, -0.15) is 0 Å². The summed E-state index contributed by atoms with van der Waals surface area (Å²) in [5.74, 6) is -1.76. The first kappa shape index (κ1) is 24.8. The standard InChI is InChI=1S/C28H34N2O5/c1-16(2)25(26(31)30(4)19-13-18(14-19)27(32)33)17(3)29-28(34)35-15-24-22-11-7-5-9-20(22)21-10-6-8-12-23(21)24/h5-12,16-19,24-25H,13-15H2,1-4H3,(H,29,34)(H,32,33). The molecule has 0 saturated heterocycles. The number of rotatable bonds is 8. The van der Waals surface area contributed by atoms with Gasteiger partial charge in [0.25, 0.3) is 0 Å². The number of alkyl carbamates (subject to hydrolysis) is 1. The number of aliphatic carboxylic acids is 1. The van der Waals surface area contributed by atoms with Crippen LogP contribution < -0.4 is 5.32 Å². The molecule has 2 aromatic rings. The van der Waals surface area contributed by atoms with E-state index in [-0.39, 0.29) is 36.3 Å². The van der Waals surface area contributed by atoms with E-state index in [1.165, 1.54) is 11.1 Å². The number of ether oxygens (including phenoxy) is 1. The maximum Gasteiger partial charge on any atom is 0.407 e. The van der Waals surface area contributed by atoms with Crippen LogP contribution in [0.5, 0.6) is 0 Å². The largest absolute Gasteiger partial charge is 0.481 e. The third kappa shape index (κ3) is 4.90. The molecular formula is C28H34N2O5. The Morgan fingerprint density at radius 3 is 2.06 bits per heavy atom. The Hall–Kier alpha value is -3.35. The first-order valence-corrected chi connectivity index (χ1v) is 12.3. The Labute approximate surface area is 206 Å². The van der Waals surface area contributed by atoms with E-state index < -0.39 is 24.0 Å². The van der Waals surface area contributed by atoms with E-state index in [1.54, 1.807) is 11.9 Å². The predicted molar refractivity (Wildman–Crippen MR) is 133 cm³/mol. The van der Waals surface area contributed by atoms with E-state index in [4.69, 9.17) is 9.84 Å². The molecule has 2 amide bonds. The van der Waals surface area contributed by atoms with E-state index in [0.717, 1.165) is 11.1 Å². The lowest BCUT2D eigenvalue weighted by molar-refractivity contribution is -0.152. The smallest absolute Gasteiger partial charge is 0.407 e. The van der Waals surface area contributed by atoms with Gasteiger partial charge in [0.2, 0.25) is 5.91 Å². The fourth-order valence-corrected chi connectivity index (χ4v) is 5.51. The summed E-state index contributed by atoms with van der Waals surface area (Å²) < 4.78 is 5.66. The number of hydrogen-bond acceptors (Lipinski definition) is 4. The molecule has 2 unspecified atom stereocenters. The molecule has 1 fully saturated rings. The summed E-state index contributed by atoms with van der Waals surface area (Å²) in [6.07, 6.45) is 0.391. The highest BCUT2D eigenvalue weighted by molar-refractivity contribution is 5.82. The van der Waals surface area contributed by atoms with Gasteiger partial charge in [-0.05, 0) is 47.9 Å². The first-order chi connectivity index (χ1) is 16.7. The molecule has 0 radical (unpaired) electrons. The number of carboxylic acid groups (broad SMARTS) is 1. The average Bonchev–Trinajstić information content (AvgIpc) is 3.10. The molecule has 7 heteroatoms. The molecule has 0 aliphatic heterocycles. The van der Waals surface area contributed by atoms with Crippen LogP contribution >= 0.6 is 0 Å². The molecule has 35 heavy (non-hydrogen) atoms. The monoisotopic (exact) mass is 478 g/mol. The van der Waals surface area contributed by atoms with Gasteiger partial charge in [-0.15, -0.1) is 0 Å². The van der Waals surface area contributed by atoms with E-state index in [0.29, 0.717) is 12.8 Å². The highest BCUT2D eigenvalue weighted by Gasteiger charge is 2.41. The van der Waals surface area contributed by atoms with Gasteiger partial charge in [0, 0.05) is 25.0 Å². The van der Waals surface area contributed by atoms with Crippen molar-refractivity contribution in [3.8, 4) is 11.1 Å². The minimum Gasteiger partial charge on any atom is -0.481 e. The van der Waals surface area contributed by atoms with Crippen molar-refractivity contribution >= 4 is 18.0 Å². The summed E-state index contributed by atoms with van der Waals surface area (Å²) in [7, 11) is 1.72. The van der Waals surface area contributed by atoms with Gasteiger partial charge in [0.05, 0.1) is 11.8 Å². The number of nitrogens with zero attached hydrogens (tertiary/aromatic N) is 1. The Morgan fingerprint density at radius 2 is 1.54 bits per heavy atom. The van der Waals surface area contributed by atoms with Crippen molar-refractivity contribution in [1.82, 2.24) is 10.2 Å². The van der Waals surface area contributed by atoms with Gasteiger partial charge in [-0.1, -0.05) is 62.4 Å². The average molecular weight is 479 g/mol. The molecule has 2 aliphatic carbocycles. The van der Waals surface area contributed by atoms with Crippen molar-refractivity contribution in [3.05, 3.63) is 59.7 Å². The van der Waals surface area contributed by atoms with Crippen molar-refractivity contribution in [3.63, 3.8) is 0 Å². The fourth-order valence-electron chi connectivity index (χ4n) is 5.51. The molecule has 0 bridgehead atoms. The predicted octanol–water partition coefficient (Wildman–Crippen LogP) is 4.51. The zero-order chi connectivity index (χ0) is 25.3. The van der Waals surface area contributed by atoms with Crippen LogP contribution in [0.15, 0.2) is 48.5 Å². The molecule has 2 aliphatic rings. The Balaban J connectivity index is 1.37. The van der Waals surface area contributed by atoms with Crippen LogP contribution in [-0.2, 0) is 14.3 Å². The van der Waals surface area contributed by atoms with Gasteiger partial charge in [-0.25, -0.2) is 4.79 Å². The van der Waals surface area contributed by atoms with Crippen LogP contribution in [0.1, 0.15) is 50.7 Å². The number of carbonyl (C=O) groups excluding carboxylic acids is 2. The molecular weight excluding hydrogens is 444 g/mol. The topological polar surface area (TPSA) is 95.9 Å². The molecule has 2 aromatic carbocycles. The maximum atomic E-state index is 13.2. The zero-order valence-electron chi connectivity index (χ0n) is 20.7. The summed E-state index contributed by atoms with van der Waals surface area (Å²) in [4.78, 5) is 38.8. The van der Waals surface area contributed by atoms with Crippen LogP contribution in [-0.4, -0.2) is 53.7 Å². The third-order valence-corrected chi connectivity index (χ3v) is 7.59. The second-order valence-corrected chi connectivity index (χ2v) is 10.1. The normalized spacial score (nSPS) is 20.3. The highest BCUT2D eigenvalue weighted by Crippen LogP contribution is 2.44. The molecule has 186 valence electrons. The molecule has 7 nitrogen and oxygen atoms in total. The number of amides is 2. The minimum absolute atomic E-state index is 0.0100. The van der Waals surface area contributed by atoms with Gasteiger partial charge < -0.3 is 20.1 Å². The summed E-state index contributed by atoms with van der Waals surface area (Å²) in [6.45, 7) is 5.93. The fraction of sp³-hybridized carbons (Fsp3) is 0.464. The first-order valence-electron chi connectivity index (χ1n) is 12.3. The second kappa shape index (κ2) is 10.1. The van der Waals surface area contributed by atoms with Crippen molar-refractivity contribution in [2.45, 2.75) is 51.6 Å². The van der Waals surface area contributed by atoms with E-state index in [9.17, 15) is 14.4 Å². The van der Waals surface area contributed by atoms with Crippen molar-refractivity contribution < 1.29 is 24.2 Å². The van der Waals surface area contributed by atoms with Crippen LogP contribution in [0, 0.1) is 17.8 Å². The molecule has 1 saturated carbocycles. The van der Waals surface area contributed by atoms with Gasteiger partial charge in [-0.3, -0.25) is 9.59 Å². The lowest BCUT2D eigenvalue weighted by atomic mass is 9.78. The second-order valence-electron chi connectivity index (χ2n) is 10.1. The Morgan fingerprint density at radius 1 is 1.00 bits per heavy atom. The molecule has 0 heterocycles. The van der Waals surface area contributed by atoms with Crippen LogP contribution in [0.4, 0.5) is 4.79 Å². The number of carbonyl (C=O) groups is 3. The maximum absolute atomic E-state index is 13.2. The number of fused-ring (bicyclic) bond motifs is 3. The third-order valence-electron chi connectivity index (χ3n) is 7.59. The molecule has 2 N–H and O–H groups in total. The number of nitrogens with one attached hydrogen (secondary N) is 1. The van der Waals surface area contributed by atoms with Crippen molar-refractivity contribution in [2.24, 2.45) is 17.8 Å². The van der Waals surface area contributed by atoms with Crippen LogP contribution in [0.2, 0.25) is 0 Å².